The second-order valence-electron chi connectivity index (χ2n) is 8.92. The lowest BCUT2D eigenvalue weighted by atomic mass is 10.1. The number of hydrogen-bond acceptors (Lipinski definition) is 7. The summed E-state index contributed by atoms with van der Waals surface area (Å²) in [6.45, 7) is 4.76. The fourth-order valence-corrected chi connectivity index (χ4v) is 4.18. The summed E-state index contributed by atoms with van der Waals surface area (Å²) in [5.41, 5.74) is 8.35. The zero-order chi connectivity index (χ0) is 28.8. The number of benzene rings is 2. The summed E-state index contributed by atoms with van der Waals surface area (Å²) in [7, 11) is 1.45. The van der Waals surface area contributed by atoms with E-state index in [1.807, 2.05) is 6.92 Å². The van der Waals surface area contributed by atoms with Crippen molar-refractivity contribution in [1.82, 2.24) is 24.6 Å². The number of halogens is 1. The number of methoxy groups -OCH3 is 1. The number of ether oxygens (including phenoxy) is 2. The molecule has 0 atom stereocenters. The Balaban J connectivity index is 1.51. The summed E-state index contributed by atoms with van der Waals surface area (Å²) >= 11 is 0. The van der Waals surface area contributed by atoms with Gasteiger partial charge in [-0.25, -0.2) is 14.2 Å². The van der Waals surface area contributed by atoms with E-state index in [2.05, 4.69) is 20.7 Å². The number of fused-ring (bicyclic) bond motifs is 1. The molecule has 0 saturated carbocycles. The molecule has 2 aromatic heterocycles. The Morgan fingerprint density at radius 2 is 1.88 bits per heavy atom. The summed E-state index contributed by atoms with van der Waals surface area (Å²) in [6, 6.07) is 10.4. The molecule has 4 aromatic rings. The maximum atomic E-state index is 13.2. The van der Waals surface area contributed by atoms with Crippen LogP contribution in [-0.4, -0.2) is 50.9 Å². The second-order valence-corrected chi connectivity index (χ2v) is 8.92. The van der Waals surface area contributed by atoms with Gasteiger partial charge in [-0.15, -0.1) is 0 Å². The number of nitrogens with zero attached hydrogens (tertiary/aromatic N) is 4. The van der Waals surface area contributed by atoms with E-state index in [1.165, 1.54) is 43.5 Å². The van der Waals surface area contributed by atoms with Crippen molar-refractivity contribution < 1.29 is 28.2 Å². The van der Waals surface area contributed by atoms with Crippen LogP contribution in [-0.2, 0) is 24.4 Å². The van der Waals surface area contributed by atoms with Gasteiger partial charge in [0.1, 0.15) is 29.4 Å². The lowest BCUT2D eigenvalue weighted by Gasteiger charge is -2.13. The minimum Gasteiger partial charge on any atom is -0.494 e. The van der Waals surface area contributed by atoms with Crippen molar-refractivity contribution in [2.45, 2.75) is 40.0 Å². The molecule has 40 heavy (non-hydrogen) atoms. The van der Waals surface area contributed by atoms with Crippen LogP contribution in [0.3, 0.4) is 0 Å². The number of nitrogens with two attached hydrogens (primary N) is 1. The van der Waals surface area contributed by atoms with Crippen LogP contribution in [0.15, 0.2) is 42.5 Å². The maximum Gasteiger partial charge on any atom is 0.407 e. The summed E-state index contributed by atoms with van der Waals surface area (Å²) < 4.78 is 27.1. The van der Waals surface area contributed by atoms with Crippen molar-refractivity contribution in [2.75, 3.05) is 19.0 Å². The normalized spacial score (nSPS) is 10.9. The van der Waals surface area contributed by atoms with Gasteiger partial charge in [-0.3, -0.25) is 19.6 Å². The third kappa shape index (κ3) is 6.37. The topological polar surface area (TPSA) is 155 Å². The molecule has 0 spiro atoms. The van der Waals surface area contributed by atoms with Gasteiger partial charge in [0, 0.05) is 25.2 Å². The van der Waals surface area contributed by atoms with Crippen LogP contribution in [0.4, 0.5) is 15.1 Å². The summed E-state index contributed by atoms with van der Waals surface area (Å²) in [6.07, 6.45) is -0.188. The number of anilines is 1. The molecule has 0 saturated heterocycles. The molecule has 0 fully saturated rings. The van der Waals surface area contributed by atoms with Crippen LogP contribution >= 0.6 is 0 Å². The lowest BCUT2D eigenvalue weighted by Crippen LogP contribution is -2.26. The quantitative estimate of drug-likeness (QED) is 0.241. The van der Waals surface area contributed by atoms with Gasteiger partial charge in [-0.2, -0.15) is 5.10 Å². The van der Waals surface area contributed by atoms with Crippen LogP contribution < -0.4 is 21.1 Å². The van der Waals surface area contributed by atoms with Crippen molar-refractivity contribution in [3.8, 4) is 5.75 Å². The van der Waals surface area contributed by atoms with E-state index in [0.29, 0.717) is 53.2 Å². The number of alkyl carbamates (subject to hydrolysis) is 1. The van der Waals surface area contributed by atoms with E-state index in [1.54, 1.807) is 22.2 Å². The molecule has 4 N–H and O–H groups in total. The largest absolute Gasteiger partial charge is 0.494 e. The van der Waals surface area contributed by atoms with E-state index in [9.17, 15) is 18.8 Å². The number of carbonyl (C=O) groups excluding carboxylic acids is 3. The molecular formula is C27H30FN7O5. The van der Waals surface area contributed by atoms with Crippen LogP contribution in [0.25, 0.3) is 11.0 Å². The van der Waals surface area contributed by atoms with Gasteiger partial charge < -0.3 is 25.1 Å². The molecule has 2 aromatic carbocycles. The molecule has 12 nitrogen and oxygen atoms in total. The number of hydrogen-bond donors (Lipinski definition) is 3. The van der Waals surface area contributed by atoms with Crippen molar-refractivity contribution in [2.24, 2.45) is 5.73 Å². The van der Waals surface area contributed by atoms with E-state index in [-0.39, 0.29) is 30.5 Å². The van der Waals surface area contributed by atoms with Crippen LogP contribution in [0.5, 0.6) is 5.75 Å². The van der Waals surface area contributed by atoms with Crippen LogP contribution in [0.1, 0.15) is 45.4 Å². The van der Waals surface area contributed by atoms with Crippen LogP contribution in [0.2, 0.25) is 0 Å². The van der Waals surface area contributed by atoms with Crippen LogP contribution in [0, 0.1) is 12.7 Å². The third-order valence-electron chi connectivity index (χ3n) is 6.08. The highest BCUT2D eigenvalue weighted by molar-refractivity contribution is 6.04. The highest BCUT2D eigenvalue weighted by atomic mass is 19.1. The molecule has 0 radical (unpaired) electrons. The Hall–Kier alpha value is -4.94. The molecule has 0 aliphatic heterocycles. The third-order valence-corrected chi connectivity index (χ3v) is 6.08. The lowest BCUT2D eigenvalue weighted by molar-refractivity contribution is 0.0995. The summed E-state index contributed by atoms with van der Waals surface area (Å²) in [5, 5.41) is 9.83. The molecule has 210 valence electrons. The fourth-order valence-electron chi connectivity index (χ4n) is 4.18. The smallest absolute Gasteiger partial charge is 0.407 e. The zero-order valence-corrected chi connectivity index (χ0v) is 22.4. The van der Waals surface area contributed by atoms with Gasteiger partial charge in [-0.05, 0) is 56.2 Å². The fraction of sp³-hybridized carbons (Fsp3) is 0.296. The minimum absolute atomic E-state index is 0.00165. The van der Waals surface area contributed by atoms with E-state index in [0.717, 1.165) is 0 Å². The number of nitrogens with one attached hydrogen (secondary N) is 2. The molecule has 0 aliphatic rings. The molecule has 3 amide bonds. The first-order valence-corrected chi connectivity index (χ1v) is 12.6. The zero-order valence-electron chi connectivity index (χ0n) is 22.4. The predicted octanol–water partition coefficient (Wildman–Crippen LogP) is 3.38. The van der Waals surface area contributed by atoms with Gasteiger partial charge in [0.05, 0.1) is 18.3 Å². The molecule has 4 rings (SSSR count). The Labute approximate surface area is 229 Å². The van der Waals surface area contributed by atoms with Gasteiger partial charge in [0.2, 0.25) is 11.9 Å². The Kier molecular flexibility index (Phi) is 8.62. The molecule has 2 heterocycles. The van der Waals surface area contributed by atoms with Gasteiger partial charge in [0.25, 0.3) is 5.91 Å². The maximum absolute atomic E-state index is 13.2. The Morgan fingerprint density at radius 1 is 1.12 bits per heavy atom. The standard InChI is InChI=1S/C27H30FN7O5/c1-4-35-21(12-16(2)33-35)25(37)32-26-31-20-13-18(24(29)36)14-22(39-3)23(20)34(26)11-5-10-30-27(38)40-15-17-6-8-19(28)9-7-17/h6-9,12-14H,4-5,10-11,15H2,1-3H3,(H2,29,36)(H,30,38)(H,31,32,37). The average molecular weight is 552 g/mol. The average Bonchev–Trinajstić information content (AvgIpc) is 3.49. The second kappa shape index (κ2) is 12.3. The summed E-state index contributed by atoms with van der Waals surface area (Å²) in [4.78, 5) is 41.7. The van der Waals surface area contributed by atoms with Gasteiger partial charge >= 0.3 is 6.09 Å². The van der Waals surface area contributed by atoms with Crippen molar-refractivity contribution in [3.63, 3.8) is 0 Å². The minimum atomic E-state index is -0.647. The number of primary amides is 1. The first-order chi connectivity index (χ1) is 19.2. The van der Waals surface area contributed by atoms with Crippen molar-refractivity contribution in [1.29, 1.82) is 0 Å². The van der Waals surface area contributed by atoms with E-state index in [4.69, 9.17) is 15.2 Å². The molecular weight excluding hydrogens is 521 g/mol. The summed E-state index contributed by atoms with van der Waals surface area (Å²) in [5.74, 6) is -0.855. The molecule has 0 bridgehead atoms. The first kappa shape index (κ1) is 28.1. The SMILES string of the molecule is CCn1nc(C)cc1C(=O)Nc1nc2cc(C(N)=O)cc(OC)c2n1CCCNC(=O)OCc1ccc(F)cc1. The number of amides is 3. The number of rotatable bonds is 11. The van der Waals surface area contributed by atoms with Gasteiger partial charge in [-0.1, -0.05) is 12.1 Å². The Bertz CT molecular complexity index is 1550. The van der Waals surface area contributed by atoms with Gasteiger partial charge in [0.15, 0.2) is 0 Å². The molecule has 13 heteroatoms. The molecule has 0 aliphatic carbocycles. The Morgan fingerprint density at radius 3 is 2.55 bits per heavy atom. The van der Waals surface area contributed by atoms with Crippen molar-refractivity contribution in [3.05, 3.63) is 70.8 Å². The first-order valence-electron chi connectivity index (χ1n) is 12.6. The van der Waals surface area contributed by atoms with E-state index >= 15 is 0 Å². The number of carbonyl (C=O) groups is 3. The molecule has 0 unspecified atom stereocenters. The number of imidazole rings is 1. The highest BCUT2D eigenvalue weighted by Gasteiger charge is 2.21. The predicted molar refractivity (Wildman–Crippen MR) is 145 cm³/mol. The highest BCUT2D eigenvalue weighted by Crippen LogP contribution is 2.31. The number of aromatic nitrogens is 4. The van der Waals surface area contributed by atoms with Crippen molar-refractivity contribution >= 4 is 34.9 Å². The monoisotopic (exact) mass is 551 g/mol. The van der Waals surface area contributed by atoms with E-state index < -0.39 is 17.9 Å². The number of aryl methyl sites for hydroxylation is 3.